The Bertz CT molecular complexity index is 586. The Morgan fingerprint density at radius 2 is 2.00 bits per heavy atom. The molecule has 2 aromatic rings. The van der Waals surface area contributed by atoms with Gasteiger partial charge in [0.25, 0.3) is 5.91 Å². The molecular weight excluding hydrogens is 264 g/mol. The molecule has 1 aromatic heterocycles. The largest absolute Gasteiger partial charge is 0.370 e. The summed E-state index contributed by atoms with van der Waals surface area (Å²) in [7, 11) is 0. The van der Waals surface area contributed by atoms with E-state index in [0.29, 0.717) is 11.5 Å². The number of benzene rings is 1. The number of nitrogens with one attached hydrogen (secondary N) is 2. The Kier molecular flexibility index (Phi) is 5.26. The third-order valence-electron chi connectivity index (χ3n) is 3.10. The van der Waals surface area contributed by atoms with Gasteiger partial charge in [-0.15, -0.1) is 0 Å². The van der Waals surface area contributed by atoms with Gasteiger partial charge in [0.1, 0.15) is 17.8 Å². The summed E-state index contributed by atoms with van der Waals surface area (Å²) in [4.78, 5) is 20.4. The Hall–Kier alpha value is -2.43. The van der Waals surface area contributed by atoms with Crippen molar-refractivity contribution in [3.63, 3.8) is 0 Å². The van der Waals surface area contributed by atoms with Gasteiger partial charge in [0.2, 0.25) is 0 Å². The second-order valence-corrected chi connectivity index (χ2v) is 4.82. The van der Waals surface area contributed by atoms with Crippen molar-refractivity contribution < 1.29 is 4.79 Å². The fraction of sp³-hybridized carbons (Fsp3) is 0.312. The van der Waals surface area contributed by atoms with E-state index in [-0.39, 0.29) is 11.9 Å². The van der Waals surface area contributed by atoms with Gasteiger partial charge in [0, 0.05) is 12.6 Å². The van der Waals surface area contributed by atoms with Crippen molar-refractivity contribution in [3.05, 3.63) is 54.0 Å². The van der Waals surface area contributed by atoms with E-state index < -0.39 is 0 Å². The molecule has 1 heterocycles. The average molecular weight is 284 g/mol. The first kappa shape index (κ1) is 15.0. The number of hydrogen-bond donors (Lipinski definition) is 2. The Labute approximate surface area is 124 Å². The maximum atomic E-state index is 12.2. The lowest BCUT2D eigenvalue weighted by atomic mass is 10.1. The van der Waals surface area contributed by atoms with Crippen molar-refractivity contribution in [1.29, 1.82) is 0 Å². The van der Waals surface area contributed by atoms with Crippen LogP contribution in [0.1, 0.15) is 42.4 Å². The van der Waals surface area contributed by atoms with Gasteiger partial charge in [-0.25, -0.2) is 9.97 Å². The zero-order valence-corrected chi connectivity index (χ0v) is 12.3. The van der Waals surface area contributed by atoms with Crippen molar-refractivity contribution in [2.24, 2.45) is 0 Å². The summed E-state index contributed by atoms with van der Waals surface area (Å²) < 4.78 is 0. The molecule has 0 saturated heterocycles. The number of nitrogens with zero attached hydrogens (tertiary/aromatic N) is 2. The van der Waals surface area contributed by atoms with Crippen LogP contribution >= 0.6 is 0 Å². The summed E-state index contributed by atoms with van der Waals surface area (Å²) >= 11 is 0. The van der Waals surface area contributed by atoms with Gasteiger partial charge < -0.3 is 10.6 Å². The lowest BCUT2D eigenvalue weighted by molar-refractivity contribution is 0.0934. The van der Waals surface area contributed by atoms with E-state index in [2.05, 4.69) is 27.5 Å². The zero-order valence-electron chi connectivity index (χ0n) is 12.3. The topological polar surface area (TPSA) is 66.9 Å². The van der Waals surface area contributed by atoms with Gasteiger partial charge in [-0.3, -0.25) is 4.79 Å². The molecule has 1 atom stereocenters. The Morgan fingerprint density at radius 1 is 1.24 bits per heavy atom. The molecule has 2 N–H and O–H groups in total. The number of rotatable bonds is 6. The van der Waals surface area contributed by atoms with E-state index in [1.165, 1.54) is 6.33 Å². The maximum absolute atomic E-state index is 12.2. The molecule has 0 aliphatic carbocycles. The molecule has 110 valence electrons. The van der Waals surface area contributed by atoms with Crippen molar-refractivity contribution in [3.8, 4) is 0 Å². The van der Waals surface area contributed by atoms with Gasteiger partial charge in [-0.1, -0.05) is 37.3 Å². The first-order valence-electron chi connectivity index (χ1n) is 7.12. The van der Waals surface area contributed by atoms with Gasteiger partial charge in [-0.05, 0) is 18.9 Å². The predicted molar refractivity (Wildman–Crippen MR) is 83.1 cm³/mol. The molecule has 1 aromatic carbocycles. The predicted octanol–water partition coefficient (Wildman–Crippen LogP) is 2.79. The van der Waals surface area contributed by atoms with Crippen LogP contribution < -0.4 is 10.6 Å². The summed E-state index contributed by atoms with van der Waals surface area (Å²) in [5.74, 6) is 0.470. The van der Waals surface area contributed by atoms with Crippen LogP contribution in [-0.2, 0) is 0 Å². The van der Waals surface area contributed by atoms with E-state index in [9.17, 15) is 4.79 Å². The summed E-state index contributed by atoms with van der Waals surface area (Å²) in [5, 5.41) is 6.08. The first-order chi connectivity index (χ1) is 10.2. The van der Waals surface area contributed by atoms with Gasteiger partial charge in [-0.2, -0.15) is 0 Å². The number of anilines is 1. The van der Waals surface area contributed by atoms with Crippen molar-refractivity contribution in [1.82, 2.24) is 15.3 Å². The fourth-order valence-electron chi connectivity index (χ4n) is 1.93. The van der Waals surface area contributed by atoms with E-state index in [0.717, 1.165) is 18.5 Å². The quantitative estimate of drug-likeness (QED) is 0.856. The van der Waals surface area contributed by atoms with Crippen LogP contribution in [0.25, 0.3) is 0 Å². The van der Waals surface area contributed by atoms with Crippen molar-refractivity contribution in [2.45, 2.75) is 26.3 Å². The SMILES string of the molecule is CCCNc1cc(C(=O)NC(C)c2ccccc2)ncn1. The molecule has 21 heavy (non-hydrogen) atoms. The van der Waals surface area contributed by atoms with Crippen molar-refractivity contribution >= 4 is 11.7 Å². The summed E-state index contributed by atoms with van der Waals surface area (Å²) in [6.07, 6.45) is 2.40. The fourth-order valence-corrected chi connectivity index (χ4v) is 1.93. The summed E-state index contributed by atoms with van der Waals surface area (Å²) in [5.41, 5.74) is 1.43. The monoisotopic (exact) mass is 284 g/mol. The van der Waals surface area contributed by atoms with Crippen LogP contribution in [0.2, 0.25) is 0 Å². The molecule has 0 bridgehead atoms. The molecule has 0 aliphatic rings. The number of carbonyl (C=O) groups is 1. The minimum absolute atomic E-state index is 0.0688. The van der Waals surface area contributed by atoms with E-state index in [4.69, 9.17) is 0 Å². The summed E-state index contributed by atoms with van der Waals surface area (Å²) in [6.45, 7) is 4.84. The standard InChI is InChI=1S/C16H20N4O/c1-3-9-17-15-10-14(18-11-19-15)16(21)20-12(2)13-7-5-4-6-8-13/h4-8,10-12H,3,9H2,1-2H3,(H,20,21)(H,17,18,19). The first-order valence-corrected chi connectivity index (χ1v) is 7.12. The second-order valence-electron chi connectivity index (χ2n) is 4.82. The van der Waals surface area contributed by atoms with E-state index in [1.807, 2.05) is 37.3 Å². The minimum atomic E-state index is -0.201. The molecule has 0 radical (unpaired) electrons. The smallest absolute Gasteiger partial charge is 0.270 e. The highest BCUT2D eigenvalue weighted by Crippen LogP contribution is 2.12. The third-order valence-corrected chi connectivity index (χ3v) is 3.10. The molecular formula is C16H20N4O. The number of hydrogen-bond acceptors (Lipinski definition) is 4. The Morgan fingerprint density at radius 3 is 2.71 bits per heavy atom. The number of carbonyl (C=O) groups excluding carboxylic acids is 1. The third kappa shape index (κ3) is 4.27. The highest BCUT2D eigenvalue weighted by molar-refractivity contribution is 5.93. The molecule has 1 amide bonds. The summed E-state index contributed by atoms with van der Waals surface area (Å²) in [6, 6.07) is 11.4. The zero-order chi connectivity index (χ0) is 15.1. The van der Waals surface area contributed by atoms with Crippen LogP contribution in [0.4, 0.5) is 5.82 Å². The van der Waals surface area contributed by atoms with Gasteiger partial charge >= 0.3 is 0 Å². The molecule has 0 saturated carbocycles. The van der Waals surface area contributed by atoms with Gasteiger partial charge in [0.05, 0.1) is 6.04 Å². The lowest BCUT2D eigenvalue weighted by Crippen LogP contribution is -2.27. The van der Waals surface area contributed by atoms with Crippen molar-refractivity contribution in [2.75, 3.05) is 11.9 Å². The van der Waals surface area contributed by atoms with E-state index >= 15 is 0 Å². The van der Waals surface area contributed by atoms with Gasteiger partial charge in [0.15, 0.2) is 0 Å². The average Bonchev–Trinajstić information content (AvgIpc) is 2.54. The normalized spacial score (nSPS) is 11.7. The lowest BCUT2D eigenvalue weighted by Gasteiger charge is -2.14. The molecule has 5 heteroatoms. The van der Waals surface area contributed by atoms with E-state index in [1.54, 1.807) is 6.07 Å². The minimum Gasteiger partial charge on any atom is -0.370 e. The molecule has 2 rings (SSSR count). The molecule has 1 unspecified atom stereocenters. The molecule has 5 nitrogen and oxygen atoms in total. The highest BCUT2D eigenvalue weighted by atomic mass is 16.1. The number of amides is 1. The van der Waals surface area contributed by atoms with Crippen LogP contribution in [0.15, 0.2) is 42.7 Å². The maximum Gasteiger partial charge on any atom is 0.270 e. The van der Waals surface area contributed by atoms with Crippen LogP contribution in [0.3, 0.4) is 0 Å². The van der Waals surface area contributed by atoms with Crippen LogP contribution in [0, 0.1) is 0 Å². The van der Waals surface area contributed by atoms with Crippen LogP contribution in [0.5, 0.6) is 0 Å². The second kappa shape index (κ2) is 7.38. The molecule has 0 spiro atoms. The molecule has 0 fully saturated rings. The number of aromatic nitrogens is 2. The molecule has 0 aliphatic heterocycles. The van der Waals surface area contributed by atoms with Crippen LogP contribution in [-0.4, -0.2) is 22.4 Å². The highest BCUT2D eigenvalue weighted by Gasteiger charge is 2.13. The Balaban J connectivity index is 2.03.